The molecule has 0 saturated heterocycles. The number of likely N-dealkylation sites (N-methyl/N-ethyl adjacent to an activating group) is 1. The zero-order valence-corrected chi connectivity index (χ0v) is 26.9. The van der Waals surface area contributed by atoms with Crippen LogP contribution in [0, 0.1) is 11.6 Å². The number of benzene rings is 2. The Kier molecular flexibility index (Phi) is 10.6. The number of nitrogens with zero attached hydrogens (tertiary/aromatic N) is 5. The Hall–Kier alpha value is -6.12. The lowest BCUT2D eigenvalue weighted by molar-refractivity contribution is -0.123. The molecule has 0 aliphatic carbocycles. The smallest absolute Gasteiger partial charge is 0.287 e. The maximum absolute atomic E-state index is 14.1. The summed E-state index contributed by atoms with van der Waals surface area (Å²) in [5.74, 6) is -1.99. The second-order valence-electron chi connectivity index (χ2n) is 11.3. The Bertz CT molecular complexity index is 2080. The summed E-state index contributed by atoms with van der Waals surface area (Å²) < 4.78 is 36.1. The topological polar surface area (TPSA) is 156 Å². The number of carbonyl (C=O) groups excluding carboxylic acids is 3. The lowest BCUT2D eigenvalue weighted by Gasteiger charge is -2.18. The van der Waals surface area contributed by atoms with E-state index in [9.17, 15) is 28.0 Å². The van der Waals surface area contributed by atoms with Gasteiger partial charge in [0.25, 0.3) is 11.5 Å². The van der Waals surface area contributed by atoms with E-state index in [2.05, 4.69) is 25.6 Å². The highest BCUT2D eigenvalue weighted by atomic mass is 19.1. The van der Waals surface area contributed by atoms with Gasteiger partial charge in [0, 0.05) is 51.4 Å². The summed E-state index contributed by atoms with van der Waals surface area (Å²) >= 11 is 0. The van der Waals surface area contributed by atoms with E-state index in [1.165, 1.54) is 44.6 Å². The quantitative estimate of drug-likeness (QED) is 0.162. The van der Waals surface area contributed by atoms with Crippen LogP contribution in [0.3, 0.4) is 0 Å². The fraction of sp³-hybridized carbons (Fsp3) is 0.235. The molecule has 254 valence electrons. The predicted octanol–water partition coefficient (Wildman–Crippen LogP) is 3.53. The highest BCUT2D eigenvalue weighted by Crippen LogP contribution is 2.25. The minimum atomic E-state index is -1.06. The Labute approximate surface area is 279 Å². The van der Waals surface area contributed by atoms with Gasteiger partial charge in [0.2, 0.25) is 11.8 Å². The van der Waals surface area contributed by atoms with Crippen LogP contribution in [0.15, 0.2) is 84.1 Å². The molecule has 1 atom stereocenters. The van der Waals surface area contributed by atoms with Crippen LogP contribution in [0.1, 0.15) is 34.8 Å². The highest BCUT2D eigenvalue weighted by Gasteiger charge is 2.24. The molecule has 2 aromatic carbocycles. The number of hydrogen-bond donors (Lipinski definition) is 3. The first-order chi connectivity index (χ1) is 23.5. The fourth-order valence-corrected chi connectivity index (χ4v) is 4.85. The van der Waals surface area contributed by atoms with Gasteiger partial charge in [-0.2, -0.15) is 0 Å². The van der Waals surface area contributed by atoms with Crippen molar-refractivity contribution in [3.8, 4) is 5.75 Å². The number of aromatic nitrogens is 5. The van der Waals surface area contributed by atoms with Crippen LogP contribution in [-0.4, -0.2) is 66.8 Å². The molecule has 0 saturated carbocycles. The SMILES string of the molecule is CN(C)C(=O)/C=C/CC[C@H](NC(=O)c1nccn1C)C(=O)Nc1cccn(Cc2nc3c(OCc4ccc(F)cc4F)cccc3[nH]2)c1=O. The van der Waals surface area contributed by atoms with Crippen LogP contribution >= 0.6 is 0 Å². The summed E-state index contributed by atoms with van der Waals surface area (Å²) in [7, 11) is 4.87. The van der Waals surface area contributed by atoms with Crippen molar-refractivity contribution in [3.63, 3.8) is 0 Å². The van der Waals surface area contributed by atoms with Gasteiger partial charge < -0.3 is 34.4 Å². The third-order valence-electron chi connectivity index (χ3n) is 7.49. The maximum atomic E-state index is 14.1. The first-order valence-electron chi connectivity index (χ1n) is 15.2. The number of para-hydroxylation sites is 1. The average molecular weight is 673 g/mol. The summed E-state index contributed by atoms with van der Waals surface area (Å²) in [6, 6.07) is 10.4. The number of aryl methyl sites for hydroxylation is 1. The molecule has 3 amide bonds. The standard InChI is InChI=1S/C34H34F2N8O5/c1-42(2)29(45)12-5-4-8-25(39-33(47)31-37-15-17-43(31)3)32(46)40-26-10-7-16-44(34(26)48)19-28-38-24-9-6-11-27(30(24)41-28)49-20-21-13-14-22(35)18-23(21)36/h5-7,9-18,25H,4,8,19-20H2,1-3H3,(H,38,41)(H,39,47)(H,40,46)/b12-5+/t25-/m0/s1. The second-order valence-corrected chi connectivity index (χ2v) is 11.3. The minimum absolute atomic E-state index is 0.00722. The Morgan fingerprint density at radius 2 is 1.92 bits per heavy atom. The number of halogens is 2. The first-order valence-corrected chi connectivity index (χ1v) is 15.2. The van der Waals surface area contributed by atoms with Crippen molar-refractivity contribution in [1.29, 1.82) is 0 Å². The van der Waals surface area contributed by atoms with Crippen molar-refractivity contribution in [1.82, 2.24) is 34.3 Å². The van der Waals surface area contributed by atoms with Crippen molar-refractivity contribution in [3.05, 3.63) is 118 Å². The van der Waals surface area contributed by atoms with Crippen molar-refractivity contribution < 1.29 is 27.9 Å². The molecule has 3 heterocycles. The number of hydrogen-bond acceptors (Lipinski definition) is 7. The zero-order chi connectivity index (χ0) is 35.1. The van der Waals surface area contributed by atoms with E-state index in [0.29, 0.717) is 22.6 Å². The van der Waals surface area contributed by atoms with E-state index in [1.54, 1.807) is 57.7 Å². The molecule has 49 heavy (non-hydrogen) atoms. The molecule has 0 aliphatic heterocycles. The number of carbonyl (C=O) groups is 3. The Morgan fingerprint density at radius 1 is 1.10 bits per heavy atom. The van der Waals surface area contributed by atoms with Crippen LogP contribution in [-0.2, 0) is 29.8 Å². The lowest BCUT2D eigenvalue weighted by Crippen LogP contribution is -2.45. The summed E-state index contributed by atoms with van der Waals surface area (Å²) in [6.07, 6.45) is 7.99. The van der Waals surface area contributed by atoms with Gasteiger partial charge in [0.15, 0.2) is 5.82 Å². The van der Waals surface area contributed by atoms with E-state index in [0.717, 1.165) is 12.1 Å². The van der Waals surface area contributed by atoms with Gasteiger partial charge in [-0.05, 0) is 55.3 Å². The normalized spacial score (nSPS) is 11.9. The monoisotopic (exact) mass is 672 g/mol. The number of pyridine rings is 1. The number of ether oxygens (including phenoxy) is 1. The van der Waals surface area contributed by atoms with Crippen molar-refractivity contribution in [2.45, 2.75) is 32.0 Å². The van der Waals surface area contributed by atoms with Crippen molar-refractivity contribution in [2.24, 2.45) is 7.05 Å². The Morgan fingerprint density at radius 3 is 2.65 bits per heavy atom. The Balaban J connectivity index is 1.30. The molecule has 0 aliphatic rings. The molecular formula is C34H34F2N8O5. The number of H-pyrrole nitrogens is 1. The fourth-order valence-electron chi connectivity index (χ4n) is 4.85. The van der Waals surface area contributed by atoms with Crippen LogP contribution in [0.4, 0.5) is 14.5 Å². The lowest BCUT2D eigenvalue weighted by atomic mass is 10.1. The largest absolute Gasteiger partial charge is 0.486 e. The van der Waals surface area contributed by atoms with E-state index in [4.69, 9.17) is 4.74 Å². The number of anilines is 1. The van der Waals surface area contributed by atoms with Gasteiger partial charge >= 0.3 is 0 Å². The number of aromatic amines is 1. The predicted molar refractivity (Wildman–Crippen MR) is 177 cm³/mol. The highest BCUT2D eigenvalue weighted by molar-refractivity contribution is 5.99. The molecule has 13 nitrogen and oxygen atoms in total. The van der Waals surface area contributed by atoms with Crippen molar-refractivity contribution >= 4 is 34.4 Å². The molecule has 0 radical (unpaired) electrons. The molecule has 3 aromatic heterocycles. The van der Waals surface area contributed by atoms with Gasteiger partial charge in [-0.15, -0.1) is 0 Å². The number of rotatable bonds is 13. The third-order valence-corrected chi connectivity index (χ3v) is 7.49. The molecule has 3 N–H and O–H groups in total. The van der Waals surface area contributed by atoms with E-state index in [-0.39, 0.29) is 49.0 Å². The van der Waals surface area contributed by atoms with E-state index >= 15 is 0 Å². The first kappa shape index (κ1) is 34.2. The number of allylic oxidation sites excluding steroid dienone is 1. The van der Waals surface area contributed by atoms with E-state index in [1.807, 2.05) is 0 Å². The minimum Gasteiger partial charge on any atom is -0.486 e. The number of fused-ring (bicyclic) bond motifs is 1. The van der Waals surface area contributed by atoms with Gasteiger partial charge in [-0.25, -0.2) is 18.7 Å². The molecule has 0 unspecified atom stereocenters. The van der Waals surface area contributed by atoms with Crippen LogP contribution in [0.5, 0.6) is 5.75 Å². The van der Waals surface area contributed by atoms with Crippen LogP contribution < -0.4 is 20.9 Å². The molecular weight excluding hydrogens is 638 g/mol. The maximum Gasteiger partial charge on any atom is 0.287 e. The van der Waals surface area contributed by atoms with Gasteiger partial charge in [-0.3, -0.25) is 19.2 Å². The molecule has 5 rings (SSSR count). The molecule has 0 spiro atoms. The van der Waals surface area contributed by atoms with Gasteiger partial charge in [0.05, 0.1) is 12.1 Å². The van der Waals surface area contributed by atoms with Gasteiger partial charge in [-0.1, -0.05) is 12.1 Å². The zero-order valence-electron chi connectivity index (χ0n) is 26.9. The average Bonchev–Trinajstić information content (AvgIpc) is 3.69. The summed E-state index contributed by atoms with van der Waals surface area (Å²) in [5, 5.41) is 5.30. The van der Waals surface area contributed by atoms with Gasteiger partial charge in [0.1, 0.15) is 47.1 Å². The molecule has 0 bridgehead atoms. The summed E-state index contributed by atoms with van der Waals surface area (Å²) in [5.41, 5.74) is 0.685. The summed E-state index contributed by atoms with van der Waals surface area (Å²) in [6.45, 7) is -0.143. The number of nitrogens with one attached hydrogen (secondary N) is 3. The van der Waals surface area contributed by atoms with E-state index < -0.39 is 35.0 Å². The molecule has 5 aromatic rings. The van der Waals surface area contributed by atoms with Crippen LogP contribution in [0.2, 0.25) is 0 Å². The summed E-state index contributed by atoms with van der Waals surface area (Å²) in [4.78, 5) is 64.9. The van der Waals surface area contributed by atoms with Crippen LogP contribution in [0.25, 0.3) is 11.0 Å². The number of imidazole rings is 2. The number of amides is 3. The molecule has 0 fully saturated rings. The van der Waals surface area contributed by atoms with Crippen molar-refractivity contribution in [2.75, 3.05) is 19.4 Å². The second kappa shape index (κ2) is 15.2. The molecule has 15 heteroatoms. The third kappa shape index (κ3) is 8.43.